The van der Waals surface area contributed by atoms with E-state index in [0.29, 0.717) is 0 Å². The highest BCUT2D eigenvalue weighted by Crippen LogP contribution is 2.21. The van der Waals surface area contributed by atoms with E-state index in [1.54, 1.807) is 0 Å². The Balaban J connectivity index is 1.55. The van der Waals surface area contributed by atoms with E-state index in [0.717, 1.165) is 51.1 Å². The van der Waals surface area contributed by atoms with Crippen LogP contribution in [0, 0.1) is 0 Å². The molecule has 2 heterocycles. The van der Waals surface area contributed by atoms with Crippen molar-refractivity contribution in [3.63, 3.8) is 0 Å². The molecule has 0 spiro atoms. The molecule has 0 unspecified atom stereocenters. The molecule has 104 valence electrons. The predicted octanol–water partition coefficient (Wildman–Crippen LogP) is 1.57. The van der Waals surface area contributed by atoms with Gasteiger partial charge in [0.2, 0.25) is 0 Å². The summed E-state index contributed by atoms with van der Waals surface area (Å²) in [7, 11) is 0. The lowest BCUT2D eigenvalue weighted by atomic mass is 10.1. The number of rotatable bonds is 2. The molecule has 0 bridgehead atoms. The van der Waals surface area contributed by atoms with Crippen molar-refractivity contribution in [3.05, 3.63) is 24.3 Å². The zero-order valence-electron chi connectivity index (χ0n) is 11.4. The van der Waals surface area contributed by atoms with Gasteiger partial charge < -0.3 is 15.4 Å². The molecule has 3 rings (SSSR count). The van der Waals surface area contributed by atoms with Crippen LogP contribution in [0.25, 0.3) is 0 Å². The maximum Gasteiger partial charge on any atom is 0.0480 e. The molecule has 4 nitrogen and oxygen atoms in total. The average Bonchev–Trinajstić information content (AvgIpc) is 2.49. The van der Waals surface area contributed by atoms with Gasteiger partial charge in [-0.1, -0.05) is 0 Å². The first-order chi connectivity index (χ1) is 9.33. The van der Waals surface area contributed by atoms with E-state index >= 15 is 0 Å². The third-order valence-corrected chi connectivity index (χ3v) is 4.28. The number of hydrogen-bond donors (Lipinski definition) is 1. The first kappa shape index (κ1) is 12.8. The Morgan fingerprint density at radius 3 is 2.21 bits per heavy atom. The zero-order valence-corrected chi connectivity index (χ0v) is 11.4. The molecule has 0 amide bonds. The monoisotopic (exact) mass is 261 g/mol. The summed E-state index contributed by atoms with van der Waals surface area (Å²) in [6.45, 7) is 6.42. The Labute approximate surface area is 115 Å². The SMILES string of the molecule is Nc1ccc(N2CCN(C3CCOCC3)CC2)cc1. The van der Waals surface area contributed by atoms with Crippen LogP contribution in [0.3, 0.4) is 0 Å². The standard InChI is InChI=1S/C15H23N3O/c16-13-1-3-14(4-2-13)17-7-9-18(10-8-17)15-5-11-19-12-6-15/h1-4,15H,5-12,16H2. The maximum atomic E-state index is 5.74. The van der Waals surface area contributed by atoms with Gasteiger partial charge >= 0.3 is 0 Å². The molecular weight excluding hydrogens is 238 g/mol. The van der Waals surface area contributed by atoms with Crippen molar-refractivity contribution in [1.82, 2.24) is 4.90 Å². The molecule has 1 aromatic rings. The van der Waals surface area contributed by atoms with Gasteiger partial charge in [-0.15, -0.1) is 0 Å². The van der Waals surface area contributed by atoms with Crippen molar-refractivity contribution in [3.8, 4) is 0 Å². The molecule has 19 heavy (non-hydrogen) atoms. The van der Waals surface area contributed by atoms with Crippen LogP contribution in [0.5, 0.6) is 0 Å². The molecular formula is C15H23N3O. The summed E-state index contributed by atoms with van der Waals surface area (Å²) in [5.74, 6) is 0. The van der Waals surface area contributed by atoms with Crippen LogP contribution < -0.4 is 10.6 Å². The predicted molar refractivity (Wildman–Crippen MR) is 78.5 cm³/mol. The van der Waals surface area contributed by atoms with Crippen LogP contribution in [0.4, 0.5) is 11.4 Å². The second-order valence-electron chi connectivity index (χ2n) is 5.46. The third kappa shape index (κ3) is 3.01. The molecule has 0 aliphatic carbocycles. The Morgan fingerprint density at radius 1 is 0.947 bits per heavy atom. The van der Waals surface area contributed by atoms with Gasteiger partial charge in [0.05, 0.1) is 0 Å². The number of anilines is 2. The lowest BCUT2D eigenvalue weighted by Gasteiger charge is -2.41. The zero-order chi connectivity index (χ0) is 13.1. The molecule has 2 fully saturated rings. The Bertz CT molecular complexity index is 392. The van der Waals surface area contributed by atoms with Gasteiger partial charge in [-0.25, -0.2) is 0 Å². The van der Waals surface area contributed by atoms with Crippen molar-refractivity contribution >= 4 is 11.4 Å². The minimum absolute atomic E-state index is 0.738. The van der Waals surface area contributed by atoms with Crippen LogP contribution in [0.15, 0.2) is 24.3 Å². The largest absolute Gasteiger partial charge is 0.399 e. The van der Waals surface area contributed by atoms with Gasteiger partial charge in [0.25, 0.3) is 0 Å². The number of hydrogen-bond acceptors (Lipinski definition) is 4. The topological polar surface area (TPSA) is 41.7 Å². The number of nitrogens with zero attached hydrogens (tertiary/aromatic N) is 2. The third-order valence-electron chi connectivity index (χ3n) is 4.28. The normalized spacial score (nSPS) is 22.6. The summed E-state index contributed by atoms with van der Waals surface area (Å²) in [4.78, 5) is 5.09. The van der Waals surface area contributed by atoms with E-state index < -0.39 is 0 Å². The highest BCUT2D eigenvalue weighted by molar-refractivity contribution is 5.53. The Kier molecular flexibility index (Phi) is 3.89. The fraction of sp³-hybridized carbons (Fsp3) is 0.600. The minimum atomic E-state index is 0.738. The molecule has 2 aliphatic heterocycles. The maximum absolute atomic E-state index is 5.74. The first-order valence-corrected chi connectivity index (χ1v) is 7.25. The summed E-state index contributed by atoms with van der Waals surface area (Å²) in [6, 6.07) is 8.96. The number of nitrogen functional groups attached to an aromatic ring is 1. The number of nitrogens with two attached hydrogens (primary N) is 1. The van der Waals surface area contributed by atoms with Crippen LogP contribution in [-0.4, -0.2) is 50.3 Å². The summed E-state index contributed by atoms with van der Waals surface area (Å²) < 4.78 is 5.44. The van der Waals surface area contributed by atoms with Gasteiger partial charge in [0.15, 0.2) is 0 Å². The van der Waals surface area contributed by atoms with Crippen molar-refractivity contribution in [2.24, 2.45) is 0 Å². The minimum Gasteiger partial charge on any atom is -0.399 e. The molecule has 0 aromatic heterocycles. The highest BCUT2D eigenvalue weighted by Gasteiger charge is 2.25. The van der Waals surface area contributed by atoms with E-state index in [1.165, 1.54) is 18.5 Å². The van der Waals surface area contributed by atoms with Gasteiger partial charge in [-0.3, -0.25) is 4.90 Å². The van der Waals surface area contributed by atoms with E-state index in [4.69, 9.17) is 10.5 Å². The number of benzene rings is 1. The van der Waals surface area contributed by atoms with Crippen molar-refractivity contribution in [2.45, 2.75) is 18.9 Å². The highest BCUT2D eigenvalue weighted by atomic mass is 16.5. The summed E-state index contributed by atoms with van der Waals surface area (Å²) >= 11 is 0. The second-order valence-corrected chi connectivity index (χ2v) is 5.46. The fourth-order valence-electron chi connectivity index (χ4n) is 3.08. The summed E-state index contributed by atoms with van der Waals surface area (Å²) in [5, 5.41) is 0. The molecule has 4 heteroatoms. The quantitative estimate of drug-likeness (QED) is 0.821. The van der Waals surface area contributed by atoms with Crippen molar-refractivity contribution in [2.75, 3.05) is 50.0 Å². The molecule has 2 saturated heterocycles. The average molecular weight is 261 g/mol. The van der Waals surface area contributed by atoms with Crippen LogP contribution in [0.2, 0.25) is 0 Å². The molecule has 2 N–H and O–H groups in total. The number of piperazine rings is 1. The molecule has 2 aliphatic rings. The van der Waals surface area contributed by atoms with E-state index in [1.807, 2.05) is 12.1 Å². The molecule has 0 saturated carbocycles. The van der Waals surface area contributed by atoms with Crippen LogP contribution in [0.1, 0.15) is 12.8 Å². The summed E-state index contributed by atoms with van der Waals surface area (Å²) in [6.07, 6.45) is 2.39. The van der Waals surface area contributed by atoms with Crippen molar-refractivity contribution in [1.29, 1.82) is 0 Å². The van der Waals surface area contributed by atoms with Gasteiger partial charge in [-0.05, 0) is 37.1 Å². The lowest BCUT2D eigenvalue weighted by Crippen LogP contribution is -2.51. The summed E-state index contributed by atoms with van der Waals surface area (Å²) in [5.41, 5.74) is 7.87. The van der Waals surface area contributed by atoms with Gasteiger partial charge in [0, 0.05) is 56.8 Å². The fourth-order valence-corrected chi connectivity index (χ4v) is 3.08. The van der Waals surface area contributed by atoms with Gasteiger partial charge in [0.1, 0.15) is 0 Å². The Hall–Kier alpha value is -1.26. The lowest BCUT2D eigenvalue weighted by molar-refractivity contribution is 0.0321. The number of ether oxygens (including phenoxy) is 1. The molecule has 0 radical (unpaired) electrons. The van der Waals surface area contributed by atoms with E-state index in [9.17, 15) is 0 Å². The Morgan fingerprint density at radius 2 is 1.58 bits per heavy atom. The molecule has 1 aromatic carbocycles. The molecule has 0 atom stereocenters. The van der Waals surface area contributed by atoms with E-state index in [2.05, 4.69) is 21.9 Å². The first-order valence-electron chi connectivity index (χ1n) is 7.25. The van der Waals surface area contributed by atoms with E-state index in [-0.39, 0.29) is 0 Å². The smallest absolute Gasteiger partial charge is 0.0480 e. The second kappa shape index (κ2) is 5.80. The van der Waals surface area contributed by atoms with Gasteiger partial charge in [-0.2, -0.15) is 0 Å². The van der Waals surface area contributed by atoms with Crippen molar-refractivity contribution < 1.29 is 4.74 Å². The van der Waals surface area contributed by atoms with Crippen LogP contribution >= 0.6 is 0 Å². The van der Waals surface area contributed by atoms with Crippen LogP contribution in [-0.2, 0) is 4.74 Å².